The van der Waals surface area contributed by atoms with E-state index in [2.05, 4.69) is 11.3 Å². The van der Waals surface area contributed by atoms with Crippen molar-refractivity contribution >= 4 is 10.0 Å². The van der Waals surface area contributed by atoms with Crippen molar-refractivity contribution in [3.8, 4) is 0 Å². The third-order valence-corrected chi connectivity index (χ3v) is 3.59. The van der Waals surface area contributed by atoms with E-state index in [0.717, 1.165) is 11.1 Å². The van der Waals surface area contributed by atoms with E-state index in [-0.39, 0.29) is 0 Å². The van der Waals surface area contributed by atoms with E-state index in [9.17, 15) is 8.42 Å². The summed E-state index contributed by atoms with van der Waals surface area (Å²) >= 11 is 0. The normalized spacial score (nSPS) is 11.4. The van der Waals surface area contributed by atoms with Crippen molar-refractivity contribution in [2.75, 3.05) is 6.54 Å². The minimum absolute atomic E-state index is 0.328. The van der Waals surface area contributed by atoms with Gasteiger partial charge in [-0.2, -0.15) is 0 Å². The Morgan fingerprint density at radius 3 is 2.31 bits per heavy atom. The molecule has 0 saturated carbocycles. The Morgan fingerprint density at radius 2 is 1.81 bits per heavy atom. The van der Waals surface area contributed by atoms with E-state index in [1.165, 1.54) is 0 Å². The van der Waals surface area contributed by atoms with Crippen molar-refractivity contribution < 1.29 is 8.42 Å². The van der Waals surface area contributed by atoms with Crippen LogP contribution in [0.4, 0.5) is 0 Å². The second-order valence-corrected chi connectivity index (χ2v) is 5.57. The number of sulfonamides is 1. The first-order valence-corrected chi connectivity index (χ1v) is 6.63. The van der Waals surface area contributed by atoms with Crippen LogP contribution in [-0.2, 0) is 10.0 Å². The van der Waals surface area contributed by atoms with E-state index < -0.39 is 10.0 Å². The van der Waals surface area contributed by atoms with Crippen LogP contribution in [0.1, 0.15) is 17.5 Å². The minimum Gasteiger partial charge on any atom is -0.211 e. The van der Waals surface area contributed by atoms with Gasteiger partial charge in [0.25, 0.3) is 0 Å². The number of hydrogen-bond acceptors (Lipinski definition) is 2. The van der Waals surface area contributed by atoms with Crippen LogP contribution in [-0.4, -0.2) is 15.0 Å². The molecule has 1 N–H and O–H groups in total. The third-order valence-electron chi connectivity index (χ3n) is 2.15. The smallest absolute Gasteiger partial charge is 0.211 e. The number of aryl methyl sites for hydroxylation is 2. The molecule has 0 spiro atoms. The quantitative estimate of drug-likeness (QED) is 0.632. The van der Waals surface area contributed by atoms with Crippen LogP contribution in [0.15, 0.2) is 35.7 Å². The Hall–Kier alpha value is -1.13. The molecule has 0 atom stereocenters. The number of hydrogen-bond donors (Lipinski definition) is 1. The van der Waals surface area contributed by atoms with E-state index in [1.54, 1.807) is 18.2 Å². The van der Waals surface area contributed by atoms with Crippen molar-refractivity contribution in [3.63, 3.8) is 0 Å². The molecule has 0 unspecified atom stereocenters. The van der Waals surface area contributed by atoms with E-state index in [4.69, 9.17) is 0 Å². The molecule has 0 saturated heterocycles. The fourth-order valence-corrected chi connectivity index (χ4v) is 2.70. The first kappa shape index (κ1) is 12.9. The molecule has 1 aromatic carbocycles. The van der Waals surface area contributed by atoms with Crippen LogP contribution in [0.25, 0.3) is 0 Å². The van der Waals surface area contributed by atoms with Gasteiger partial charge in [-0.1, -0.05) is 12.1 Å². The van der Waals surface area contributed by atoms with Gasteiger partial charge in [-0.3, -0.25) is 0 Å². The van der Waals surface area contributed by atoms with Gasteiger partial charge in [-0.15, -0.1) is 6.58 Å². The van der Waals surface area contributed by atoms with E-state index in [0.29, 0.717) is 17.9 Å². The Balaban J connectivity index is 2.93. The molecule has 1 rings (SSSR count). The monoisotopic (exact) mass is 239 g/mol. The van der Waals surface area contributed by atoms with Crippen LogP contribution in [0.3, 0.4) is 0 Å². The maximum atomic E-state index is 11.9. The van der Waals surface area contributed by atoms with Crippen molar-refractivity contribution in [3.05, 3.63) is 42.0 Å². The highest BCUT2D eigenvalue weighted by atomic mass is 32.2. The molecule has 0 aliphatic rings. The Bertz CT molecular complexity index is 458. The minimum atomic E-state index is -3.38. The van der Waals surface area contributed by atoms with Gasteiger partial charge in [0.15, 0.2) is 0 Å². The topological polar surface area (TPSA) is 46.2 Å². The summed E-state index contributed by atoms with van der Waals surface area (Å²) < 4.78 is 26.3. The van der Waals surface area contributed by atoms with E-state index >= 15 is 0 Å². The zero-order chi connectivity index (χ0) is 12.2. The molecule has 0 fully saturated rings. The summed E-state index contributed by atoms with van der Waals surface area (Å²) in [5, 5.41) is 0. The molecule has 0 aromatic heterocycles. The van der Waals surface area contributed by atoms with Crippen LogP contribution in [0, 0.1) is 13.8 Å². The van der Waals surface area contributed by atoms with Gasteiger partial charge in [0, 0.05) is 6.54 Å². The van der Waals surface area contributed by atoms with Crippen molar-refractivity contribution in [2.24, 2.45) is 0 Å². The maximum absolute atomic E-state index is 11.9. The van der Waals surface area contributed by atoms with Crippen molar-refractivity contribution in [1.82, 2.24) is 4.72 Å². The molecular weight excluding hydrogens is 222 g/mol. The molecule has 4 heteroatoms. The summed E-state index contributed by atoms with van der Waals surface area (Å²) in [6, 6.07) is 5.29. The number of rotatable bonds is 5. The summed E-state index contributed by atoms with van der Waals surface area (Å²) in [7, 11) is -3.38. The van der Waals surface area contributed by atoms with Crippen LogP contribution < -0.4 is 4.72 Å². The van der Waals surface area contributed by atoms with Gasteiger partial charge in [0.05, 0.1) is 4.90 Å². The van der Waals surface area contributed by atoms with Gasteiger partial charge in [-0.05, 0) is 43.5 Å². The summed E-state index contributed by atoms with van der Waals surface area (Å²) in [5.74, 6) is 0. The molecule has 0 bridgehead atoms. The van der Waals surface area contributed by atoms with E-state index in [1.807, 2.05) is 19.9 Å². The highest BCUT2D eigenvalue weighted by Gasteiger charge is 2.13. The molecule has 3 nitrogen and oxygen atoms in total. The lowest BCUT2D eigenvalue weighted by molar-refractivity contribution is 0.582. The Morgan fingerprint density at radius 1 is 1.25 bits per heavy atom. The molecular formula is C12H17NO2S. The number of nitrogens with one attached hydrogen (secondary N) is 1. The lowest BCUT2D eigenvalue weighted by atomic mass is 10.2. The van der Waals surface area contributed by atoms with Gasteiger partial charge >= 0.3 is 0 Å². The summed E-state index contributed by atoms with van der Waals surface area (Å²) in [6.45, 7) is 7.70. The predicted octanol–water partition coefficient (Wildman–Crippen LogP) is 2.16. The zero-order valence-electron chi connectivity index (χ0n) is 9.66. The molecule has 0 heterocycles. The summed E-state index contributed by atoms with van der Waals surface area (Å²) in [6.07, 6.45) is 2.31. The van der Waals surface area contributed by atoms with Gasteiger partial charge in [-0.25, -0.2) is 13.1 Å². The average Bonchev–Trinajstić information content (AvgIpc) is 2.16. The molecule has 1 aromatic rings. The highest BCUT2D eigenvalue weighted by Crippen LogP contribution is 2.13. The molecule has 0 aliphatic carbocycles. The Labute approximate surface area is 97.2 Å². The first-order valence-electron chi connectivity index (χ1n) is 5.14. The fourth-order valence-electron chi connectivity index (χ4n) is 1.47. The number of benzene rings is 1. The fraction of sp³-hybridized carbons (Fsp3) is 0.333. The molecule has 88 valence electrons. The van der Waals surface area contributed by atoms with Crippen LogP contribution in [0.5, 0.6) is 0 Å². The second-order valence-electron chi connectivity index (χ2n) is 3.80. The lowest BCUT2D eigenvalue weighted by Gasteiger charge is -2.07. The maximum Gasteiger partial charge on any atom is 0.240 e. The van der Waals surface area contributed by atoms with Crippen molar-refractivity contribution in [2.45, 2.75) is 25.2 Å². The summed E-state index contributed by atoms with van der Waals surface area (Å²) in [5.41, 5.74) is 1.90. The SMILES string of the molecule is C=CCCNS(=O)(=O)c1cc(C)cc(C)c1. The van der Waals surface area contributed by atoms with Gasteiger partial charge < -0.3 is 0 Å². The van der Waals surface area contributed by atoms with Gasteiger partial charge in [0.2, 0.25) is 10.0 Å². The highest BCUT2D eigenvalue weighted by molar-refractivity contribution is 7.89. The van der Waals surface area contributed by atoms with Crippen molar-refractivity contribution in [1.29, 1.82) is 0 Å². The first-order chi connectivity index (χ1) is 7.45. The predicted molar refractivity (Wildman–Crippen MR) is 65.9 cm³/mol. The molecule has 0 aliphatic heterocycles. The van der Waals surface area contributed by atoms with Crippen LogP contribution in [0.2, 0.25) is 0 Å². The lowest BCUT2D eigenvalue weighted by Crippen LogP contribution is -2.24. The van der Waals surface area contributed by atoms with Crippen LogP contribution >= 0.6 is 0 Å². The standard InChI is InChI=1S/C12H17NO2S/c1-4-5-6-13-16(14,15)12-8-10(2)7-11(3)9-12/h4,7-9,13H,1,5-6H2,2-3H3. The third kappa shape index (κ3) is 3.47. The Kier molecular flexibility index (Phi) is 4.26. The second kappa shape index (κ2) is 5.27. The molecule has 16 heavy (non-hydrogen) atoms. The largest absolute Gasteiger partial charge is 0.240 e. The zero-order valence-corrected chi connectivity index (χ0v) is 10.5. The molecule has 0 radical (unpaired) electrons. The summed E-state index contributed by atoms with van der Waals surface area (Å²) in [4.78, 5) is 0.328. The average molecular weight is 239 g/mol. The molecule has 0 amide bonds. The van der Waals surface area contributed by atoms with Gasteiger partial charge in [0.1, 0.15) is 0 Å².